The Balaban J connectivity index is 2.35. The number of aryl methyl sites for hydroxylation is 1. The minimum Gasteiger partial charge on any atom is -0.245 e. The molecule has 16 heavy (non-hydrogen) atoms. The Labute approximate surface area is 99.0 Å². The third-order valence-electron chi connectivity index (χ3n) is 2.08. The molecule has 0 N–H and O–H groups in total. The van der Waals surface area contributed by atoms with Gasteiger partial charge in [0.2, 0.25) is 0 Å². The van der Waals surface area contributed by atoms with Crippen molar-refractivity contribution < 1.29 is 0 Å². The number of aromatic nitrogens is 1. The summed E-state index contributed by atoms with van der Waals surface area (Å²) < 4.78 is 0. The Morgan fingerprint density at radius 1 is 1.12 bits per heavy atom. The highest BCUT2D eigenvalue weighted by atomic mass is 32.2. The first-order chi connectivity index (χ1) is 7.79. The van der Waals surface area contributed by atoms with Crippen molar-refractivity contribution >= 4 is 11.8 Å². The standard InChI is InChI=1S/C13H10N2S/c1-10-7-8-11(9-14)13(15-10)16-12-5-3-2-4-6-12/h2-8H,1H3. The molecule has 0 fully saturated rings. The maximum atomic E-state index is 8.98. The second kappa shape index (κ2) is 4.82. The summed E-state index contributed by atoms with van der Waals surface area (Å²) >= 11 is 1.52. The van der Waals surface area contributed by atoms with Gasteiger partial charge in [-0.15, -0.1) is 0 Å². The highest BCUT2D eigenvalue weighted by molar-refractivity contribution is 7.99. The third-order valence-corrected chi connectivity index (χ3v) is 3.09. The Hall–Kier alpha value is -1.79. The van der Waals surface area contributed by atoms with Gasteiger partial charge in [-0.25, -0.2) is 4.98 Å². The SMILES string of the molecule is Cc1ccc(C#N)c(Sc2ccccc2)n1. The van der Waals surface area contributed by atoms with Crippen molar-refractivity contribution in [1.29, 1.82) is 5.26 Å². The van der Waals surface area contributed by atoms with Gasteiger partial charge in [-0.1, -0.05) is 30.0 Å². The predicted octanol–water partition coefficient (Wildman–Crippen LogP) is 3.41. The van der Waals surface area contributed by atoms with Crippen LogP contribution in [0.4, 0.5) is 0 Å². The fraction of sp³-hybridized carbons (Fsp3) is 0.0769. The molecule has 1 aromatic carbocycles. The summed E-state index contributed by atoms with van der Waals surface area (Å²) in [4.78, 5) is 5.47. The van der Waals surface area contributed by atoms with Crippen molar-refractivity contribution in [3.63, 3.8) is 0 Å². The summed E-state index contributed by atoms with van der Waals surface area (Å²) in [6, 6.07) is 15.8. The van der Waals surface area contributed by atoms with E-state index in [0.29, 0.717) is 5.56 Å². The van der Waals surface area contributed by atoms with Gasteiger partial charge in [0.15, 0.2) is 0 Å². The summed E-state index contributed by atoms with van der Waals surface area (Å²) in [7, 11) is 0. The van der Waals surface area contributed by atoms with E-state index in [1.807, 2.05) is 49.4 Å². The van der Waals surface area contributed by atoms with Crippen molar-refractivity contribution in [1.82, 2.24) is 4.98 Å². The van der Waals surface area contributed by atoms with Gasteiger partial charge in [0.1, 0.15) is 11.1 Å². The molecule has 0 atom stereocenters. The van der Waals surface area contributed by atoms with Crippen molar-refractivity contribution in [2.75, 3.05) is 0 Å². The van der Waals surface area contributed by atoms with Crippen LogP contribution in [-0.2, 0) is 0 Å². The zero-order valence-electron chi connectivity index (χ0n) is 8.84. The van der Waals surface area contributed by atoms with Gasteiger partial charge < -0.3 is 0 Å². The van der Waals surface area contributed by atoms with Crippen LogP contribution in [0.1, 0.15) is 11.3 Å². The van der Waals surface area contributed by atoms with Crippen molar-refractivity contribution in [3.8, 4) is 6.07 Å². The average Bonchev–Trinajstić information content (AvgIpc) is 2.31. The van der Waals surface area contributed by atoms with E-state index in [1.165, 1.54) is 11.8 Å². The molecule has 0 unspecified atom stereocenters. The number of pyridine rings is 1. The predicted molar refractivity (Wildman–Crippen MR) is 64.3 cm³/mol. The molecule has 1 heterocycles. The summed E-state index contributed by atoms with van der Waals surface area (Å²) in [5.41, 5.74) is 1.55. The number of nitrogens with zero attached hydrogens (tertiary/aromatic N) is 2. The van der Waals surface area contributed by atoms with Crippen LogP contribution < -0.4 is 0 Å². The van der Waals surface area contributed by atoms with E-state index >= 15 is 0 Å². The van der Waals surface area contributed by atoms with Crippen LogP contribution in [0.2, 0.25) is 0 Å². The first kappa shape index (κ1) is 10.7. The lowest BCUT2D eigenvalue weighted by molar-refractivity contribution is 1.05. The Morgan fingerprint density at radius 3 is 2.56 bits per heavy atom. The van der Waals surface area contributed by atoms with Crippen LogP contribution in [0.15, 0.2) is 52.4 Å². The zero-order chi connectivity index (χ0) is 11.4. The van der Waals surface area contributed by atoms with Crippen LogP contribution in [0.3, 0.4) is 0 Å². The number of hydrogen-bond donors (Lipinski definition) is 0. The highest BCUT2D eigenvalue weighted by Gasteiger charge is 2.05. The zero-order valence-corrected chi connectivity index (χ0v) is 9.66. The van der Waals surface area contributed by atoms with Gasteiger partial charge in [-0.3, -0.25) is 0 Å². The fourth-order valence-electron chi connectivity index (χ4n) is 1.30. The van der Waals surface area contributed by atoms with Gasteiger partial charge >= 0.3 is 0 Å². The minimum atomic E-state index is 0.624. The molecule has 0 saturated carbocycles. The first-order valence-electron chi connectivity index (χ1n) is 4.90. The molecule has 0 aliphatic carbocycles. The third kappa shape index (κ3) is 2.41. The highest BCUT2D eigenvalue weighted by Crippen LogP contribution is 2.28. The average molecular weight is 226 g/mol. The number of nitriles is 1. The molecule has 2 nitrogen and oxygen atoms in total. The van der Waals surface area contributed by atoms with Crippen molar-refractivity contribution in [2.45, 2.75) is 16.8 Å². The number of hydrogen-bond acceptors (Lipinski definition) is 3. The van der Waals surface area contributed by atoms with E-state index in [-0.39, 0.29) is 0 Å². The molecule has 0 radical (unpaired) electrons. The van der Waals surface area contributed by atoms with Crippen LogP contribution in [0.25, 0.3) is 0 Å². The monoisotopic (exact) mass is 226 g/mol. The first-order valence-corrected chi connectivity index (χ1v) is 5.72. The van der Waals surface area contributed by atoms with Gasteiger partial charge in [-0.2, -0.15) is 5.26 Å². The molecular weight excluding hydrogens is 216 g/mol. The minimum absolute atomic E-state index is 0.624. The molecule has 2 rings (SSSR count). The normalized spacial score (nSPS) is 9.75. The maximum Gasteiger partial charge on any atom is 0.119 e. The molecule has 0 amide bonds. The molecule has 78 valence electrons. The van der Waals surface area contributed by atoms with E-state index in [1.54, 1.807) is 0 Å². The van der Waals surface area contributed by atoms with Crippen molar-refractivity contribution in [3.05, 3.63) is 53.7 Å². The molecular formula is C13H10N2S. The summed E-state index contributed by atoms with van der Waals surface area (Å²) in [5.74, 6) is 0. The van der Waals surface area contributed by atoms with Gasteiger partial charge in [0.25, 0.3) is 0 Å². The van der Waals surface area contributed by atoms with E-state index in [0.717, 1.165) is 15.6 Å². The molecule has 0 bridgehead atoms. The molecule has 2 aromatic rings. The van der Waals surface area contributed by atoms with E-state index < -0.39 is 0 Å². The lowest BCUT2D eigenvalue weighted by Gasteiger charge is -2.03. The lowest BCUT2D eigenvalue weighted by Crippen LogP contribution is -1.89. The largest absolute Gasteiger partial charge is 0.245 e. The summed E-state index contributed by atoms with van der Waals surface area (Å²) in [6.45, 7) is 1.93. The summed E-state index contributed by atoms with van der Waals surface area (Å²) in [5, 5.41) is 9.76. The van der Waals surface area contributed by atoms with E-state index in [9.17, 15) is 0 Å². The van der Waals surface area contributed by atoms with E-state index in [2.05, 4.69) is 11.1 Å². The van der Waals surface area contributed by atoms with Gasteiger partial charge in [0.05, 0.1) is 5.56 Å². The molecule has 3 heteroatoms. The molecule has 1 aromatic heterocycles. The second-order valence-electron chi connectivity index (χ2n) is 3.33. The van der Waals surface area contributed by atoms with Crippen LogP contribution in [-0.4, -0.2) is 4.98 Å². The molecule has 0 saturated heterocycles. The maximum absolute atomic E-state index is 8.98. The smallest absolute Gasteiger partial charge is 0.119 e. The Bertz CT molecular complexity index is 529. The molecule has 0 aliphatic heterocycles. The van der Waals surface area contributed by atoms with Gasteiger partial charge in [-0.05, 0) is 31.2 Å². The number of rotatable bonds is 2. The van der Waals surface area contributed by atoms with Crippen LogP contribution >= 0.6 is 11.8 Å². The Kier molecular flexibility index (Phi) is 3.23. The van der Waals surface area contributed by atoms with Gasteiger partial charge in [0, 0.05) is 10.6 Å². The van der Waals surface area contributed by atoms with E-state index in [4.69, 9.17) is 5.26 Å². The second-order valence-corrected chi connectivity index (χ2v) is 4.39. The molecule has 0 aliphatic rings. The Morgan fingerprint density at radius 2 is 1.88 bits per heavy atom. The summed E-state index contributed by atoms with van der Waals surface area (Å²) in [6.07, 6.45) is 0. The quantitative estimate of drug-likeness (QED) is 0.787. The molecule has 0 spiro atoms. The number of benzene rings is 1. The van der Waals surface area contributed by atoms with Crippen LogP contribution in [0.5, 0.6) is 0 Å². The van der Waals surface area contributed by atoms with Crippen molar-refractivity contribution in [2.24, 2.45) is 0 Å². The fourth-order valence-corrected chi connectivity index (χ4v) is 2.23. The topological polar surface area (TPSA) is 36.7 Å². The lowest BCUT2D eigenvalue weighted by atomic mass is 10.3. The van der Waals surface area contributed by atoms with Crippen LogP contribution in [0, 0.1) is 18.3 Å².